The van der Waals surface area contributed by atoms with Gasteiger partial charge in [-0.15, -0.1) is 0 Å². The number of carbonyl (C=O) groups excluding carboxylic acids is 1. The molecule has 0 unspecified atom stereocenters. The second-order valence-electron chi connectivity index (χ2n) is 4.53. The molecule has 0 atom stereocenters. The molecule has 0 saturated heterocycles. The second-order valence-corrected chi connectivity index (χ2v) is 4.53. The minimum atomic E-state index is -0.405. The molecular formula is C14H12FN3O2. The van der Waals surface area contributed by atoms with Gasteiger partial charge < -0.3 is 9.73 Å². The summed E-state index contributed by atoms with van der Waals surface area (Å²) in [5, 5.41) is 7.29. The number of furan rings is 1. The summed E-state index contributed by atoms with van der Waals surface area (Å²) in [6.45, 7) is 1.72. The topological polar surface area (TPSA) is 60.1 Å². The van der Waals surface area contributed by atoms with Gasteiger partial charge in [0.1, 0.15) is 11.4 Å². The number of nitrogens with one attached hydrogen (secondary N) is 1. The lowest BCUT2D eigenvalue weighted by Gasteiger charge is -1.99. The van der Waals surface area contributed by atoms with Gasteiger partial charge in [-0.25, -0.2) is 4.39 Å². The monoisotopic (exact) mass is 273 g/mol. The Kier molecular flexibility index (Phi) is 2.78. The number of amides is 1. The van der Waals surface area contributed by atoms with Crippen molar-refractivity contribution < 1.29 is 13.6 Å². The van der Waals surface area contributed by atoms with E-state index in [1.807, 2.05) is 0 Å². The van der Waals surface area contributed by atoms with E-state index in [1.165, 1.54) is 18.2 Å². The highest BCUT2D eigenvalue weighted by Crippen LogP contribution is 2.26. The Labute approximate surface area is 114 Å². The predicted octanol–water partition coefficient (Wildman–Crippen LogP) is 2.87. The van der Waals surface area contributed by atoms with E-state index in [0.29, 0.717) is 22.4 Å². The third kappa shape index (κ3) is 2.05. The highest BCUT2D eigenvalue weighted by atomic mass is 19.1. The summed E-state index contributed by atoms with van der Waals surface area (Å²) in [6.07, 6.45) is 1.72. The highest BCUT2D eigenvalue weighted by Gasteiger charge is 2.18. The molecule has 0 aliphatic rings. The van der Waals surface area contributed by atoms with Gasteiger partial charge in [0, 0.05) is 30.3 Å². The lowest BCUT2D eigenvalue weighted by Crippen LogP contribution is -2.12. The van der Waals surface area contributed by atoms with E-state index in [-0.39, 0.29) is 11.6 Å². The van der Waals surface area contributed by atoms with Crippen molar-refractivity contribution in [3.05, 3.63) is 47.6 Å². The number of benzene rings is 1. The van der Waals surface area contributed by atoms with Crippen molar-refractivity contribution in [1.29, 1.82) is 0 Å². The maximum absolute atomic E-state index is 13.2. The summed E-state index contributed by atoms with van der Waals surface area (Å²) in [5.74, 6) is -0.171. The second kappa shape index (κ2) is 4.48. The summed E-state index contributed by atoms with van der Waals surface area (Å²) in [7, 11) is 1.75. The number of carbonyl (C=O) groups is 1. The number of aromatic nitrogens is 2. The first kappa shape index (κ1) is 12.4. The molecule has 5 nitrogen and oxygen atoms in total. The van der Waals surface area contributed by atoms with E-state index in [4.69, 9.17) is 4.42 Å². The van der Waals surface area contributed by atoms with Crippen molar-refractivity contribution in [2.24, 2.45) is 7.05 Å². The summed E-state index contributed by atoms with van der Waals surface area (Å²) < 4.78 is 20.3. The molecule has 0 spiro atoms. The molecule has 0 aliphatic heterocycles. The zero-order chi connectivity index (χ0) is 14.3. The molecular weight excluding hydrogens is 261 g/mol. The SMILES string of the molecule is Cc1c(C(=O)Nc2ccn(C)n2)oc2ccc(F)cc12. The van der Waals surface area contributed by atoms with Crippen LogP contribution in [0.2, 0.25) is 0 Å². The van der Waals surface area contributed by atoms with Crippen molar-refractivity contribution in [2.75, 3.05) is 5.32 Å². The van der Waals surface area contributed by atoms with Crippen LogP contribution in [0, 0.1) is 12.7 Å². The van der Waals surface area contributed by atoms with E-state index in [0.717, 1.165) is 0 Å². The smallest absolute Gasteiger partial charge is 0.292 e. The Morgan fingerprint density at radius 3 is 2.90 bits per heavy atom. The number of halogens is 1. The van der Waals surface area contributed by atoms with E-state index < -0.39 is 5.91 Å². The highest BCUT2D eigenvalue weighted by molar-refractivity contribution is 6.06. The van der Waals surface area contributed by atoms with Gasteiger partial charge in [0.25, 0.3) is 5.91 Å². The van der Waals surface area contributed by atoms with E-state index in [9.17, 15) is 9.18 Å². The van der Waals surface area contributed by atoms with Gasteiger partial charge in [-0.3, -0.25) is 9.48 Å². The van der Waals surface area contributed by atoms with Crippen LogP contribution in [-0.4, -0.2) is 15.7 Å². The Morgan fingerprint density at radius 1 is 1.40 bits per heavy atom. The molecule has 20 heavy (non-hydrogen) atoms. The molecule has 1 N–H and O–H groups in total. The molecule has 0 saturated carbocycles. The summed E-state index contributed by atoms with van der Waals surface area (Å²) in [5.41, 5.74) is 1.09. The van der Waals surface area contributed by atoms with Crippen molar-refractivity contribution >= 4 is 22.7 Å². The molecule has 0 aliphatic carbocycles. The normalized spacial score (nSPS) is 10.9. The van der Waals surface area contributed by atoms with Crippen LogP contribution >= 0.6 is 0 Å². The Hall–Kier alpha value is -2.63. The van der Waals surface area contributed by atoms with Gasteiger partial charge in [-0.1, -0.05) is 0 Å². The Morgan fingerprint density at radius 2 is 2.20 bits per heavy atom. The van der Waals surface area contributed by atoms with Gasteiger partial charge in [0.15, 0.2) is 11.6 Å². The zero-order valence-corrected chi connectivity index (χ0v) is 11.0. The lowest BCUT2D eigenvalue weighted by molar-refractivity contribution is 0.0997. The minimum absolute atomic E-state index is 0.163. The van der Waals surface area contributed by atoms with Gasteiger partial charge in [0.2, 0.25) is 0 Å². The maximum atomic E-state index is 13.2. The van der Waals surface area contributed by atoms with Crippen molar-refractivity contribution in [3.8, 4) is 0 Å². The summed E-state index contributed by atoms with van der Waals surface area (Å²) >= 11 is 0. The maximum Gasteiger partial charge on any atom is 0.292 e. The van der Waals surface area contributed by atoms with E-state index in [1.54, 1.807) is 30.9 Å². The van der Waals surface area contributed by atoms with Crippen LogP contribution in [0.15, 0.2) is 34.9 Å². The summed E-state index contributed by atoms with van der Waals surface area (Å²) in [6, 6.07) is 5.84. The van der Waals surface area contributed by atoms with Gasteiger partial charge in [-0.05, 0) is 25.1 Å². The molecule has 0 radical (unpaired) electrons. The van der Waals surface area contributed by atoms with Crippen molar-refractivity contribution in [2.45, 2.75) is 6.92 Å². The fourth-order valence-electron chi connectivity index (χ4n) is 2.06. The molecule has 102 valence electrons. The first-order valence-electron chi connectivity index (χ1n) is 6.04. The largest absolute Gasteiger partial charge is 0.451 e. The molecule has 6 heteroatoms. The number of anilines is 1. The quantitative estimate of drug-likeness (QED) is 0.781. The fraction of sp³-hybridized carbons (Fsp3) is 0.143. The van der Waals surface area contributed by atoms with E-state index in [2.05, 4.69) is 10.4 Å². The number of nitrogens with zero attached hydrogens (tertiary/aromatic N) is 2. The first-order valence-corrected chi connectivity index (χ1v) is 6.04. The number of fused-ring (bicyclic) bond motifs is 1. The van der Waals surface area contributed by atoms with Crippen molar-refractivity contribution in [3.63, 3.8) is 0 Å². The van der Waals surface area contributed by atoms with Crippen LogP contribution in [0.5, 0.6) is 0 Å². The molecule has 0 fully saturated rings. The molecule has 0 bridgehead atoms. The van der Waals surface area contributed by atoms with Crippen LogP contribution in [0.4, 0.5) is 10.2 Å². The number of hydrogen-bond donors (Lipinski definition) is 1. The van der Waals surface area contributed by atoms with Crippen LogP contribution in [0.25, 0.3) is 11.0 Å². The van der Waals surface area contributed by atoms with Gasteiger partial charge in [-0.2, -0.15) is 5.10 Å². The molecule has 1 aromatic carbocycles. The number of hydrogen-bond acceptors (Lipinski definition) is 3. The van der Waals surface area contributed by atoms with Crippen LogP contribution in [-0.2, 0) is 7.05 Å². The Balaban J connectivity index is 1.97. The number of aryl methyl sites for hydroxylation is 2. The third-order valence-electron chi connectivity index (χ3n) is 3.06. The summed E-state index contributed by atoms with van der Waals surface area (Å²) in [4.78, 5) is 12.2. The lowest BCUT2D eigenvalue weighted by atomic mass is 10.1. The molecule has 2 aromatic heterocycles. The third-order valence-corrected chi connectivity index (χ3v) is 3.06. The van der Waals surface area contributed by atoms with Gasteiger partial charge >= 0.3 is 0 Å². The molecule has 2 heterocycles. The van der Waals surface area contributed by atoms with Crippen LogP contribution in [0.1, 0.15) is 16.1 Å². The van der Waals surface area contributed by atoms with Crippen molar-refractivity contribution in [1.82, 2.24) is 9.78 Å². The number of rotatable bonds is 2. The zero-order valence-electron chi connectivity index (χ0n) is 11.0. The fourth-order valence-corrected chi connectivity index (χ4v) is 2.06. The predicted molar refractivity (Wildman–Crippen MR) is 72.1 cm³/mol. The first-order chi connectivity index (χ1) is 9.54. The van der Waals surface area contributed by atoms with E-state index >= 15 is 0 Å². The molecule has 3 aromatic rings. The molecule has 1 amide bonds. The van der Waals surface area contributed by atoms with Crippen LogP contribution in [0.3, 0.4) is 0 Å². The minimum Gasteiger partial charge on any atom is -0.451 e. The average molecular weight is 273 g/mol. The molecule has 3 rings (SSSR count). The van der Waals surface area contributed by atoms with Gasteiger partial charge in [0.05, 0.1) is 0 Å². The Bertz CT molecular complexity index is 804. The standard InChI is InChI=1S/C14H12FN3O2/c1-8-10-7-9(15)3-4-11(10)20-13(8)14(19)16-12-5-6-18(2)17-12/h3-7H,1-2H3,(H,16,17,19). The van der Waals surface area contributed by atoms with Crippen LogP contribution < -0.4 is 5.32 Å². The average Bonchev–Trinajstić information content (AvgIpc) is 2.94.